The van der Waals surface area contributed by atoms with E-state index < -0.39 is 0 Å². The van der Waals surface area contributed by atoms with Gasteiger partial charge in [0.15, 0.2) is 0 Å². The number of rotatable bonds is 4. The first-order valence-corrected chi connectivity index (χ1v) is 9.21. The van der Waals surface area contributed by atoms with Crippen molar-refractivity contribution in [2.75, 3.05) is 13.1 Å². The maximum absolute atomic E-state index is 3.94. The van der Waals surface area contributed by atoms with Gasteiger partial charge in [-0.2, -0.15) is 0 Å². The molecule has 1 N–H and O–H groups in total. The van der Waals surface area contributed by atoms with Gasteiger partial charge >= 0.3 is 0 Å². The van der Waals surface area contributed by atoms with Gasteiger partial charge in [0, 0.05) is 36.1 Å². The van der Waals surface area contributed by atoms with E-state index in [-0.39, 0.29) is 0 Å². The zero-order valence-electron chi connectivity index (χ0n) is 12.7. The summed E-state index contributed by atoms with van der Waals surface area (Å²) in [5, 5.41) is 6.15. The summed E-state index contributed by atoms with van der Waals surface area (Å²) in [5.41, 5.74) is 0.430. The van der Waals surface area contributed by atoms with Crippen LogP contribution in [0.1, 0.15) is 56.7 Å². The minimum absolute atomic E-state index is 0.430. The molecule has 1 aliphatic carbocycles. The Bertz CT molecular complexity index is 395. The summed E-state index contributed by atoms with van der Waals surface area (Å²) in [7, 11) is 0. The van der Waals surface area contributed by atoms with E-state index >= 15 is 0 Å². The summed E-state index contributed by atoms with van der Waals surface area (Å²) < 4.78 is 0. The molecular formula is C17H28N2S. The van der Waals surface area contributed by atoms with Crippen LogP contribution in [0.5, 0.6) is 0 Å². The standard InChI is InChI=1S/C17H28N2S/c1-2-7-15-12-18-17(9-4-3-5-10-17)14-19(15)13-16-8-6-11-20-16/h6,8,11,15,18H,2-5,7,9-10,12-14H2,1H3. The van der Waals surface area contributed by atoms with Crippen LogP contribution in [0.3, 0.4) is 0 Å². The molecule has 2 fully saturated rings. The first-order valence-electron chi connectivity index (χ1n) is 8.33. The number of thiophene rings is 1. The molecule has 20 heavy (non-hydrogen) atoms. The van der Waals surface area contributed by atoms with E-state index in [4.69, 9.17) is 0 Å². The fourth-order valence-electron chi connectivity index (χ4n) is 4.01. The van der Waals surface area contributed by atoms with Crippen molar-refractivity contribution in [2.45, 2.75) is 70.0 Å². The second kappa shape index (κ2) is 6.59. The highest BCUT2D eigenvalue weighted by molar-refractivity contribution is 7.09. The Kier molecular flexibility index (Phi) is 4.79. The van der Waals surface area contributed by atoms with Crippen LogP contribution in [-0.4, -0.2) is 29.6 Å². The average molecular weight is 292 g/mol. The molecule has 0 aromatic carbocycles. The van der Waals surface area contributed by atoms with E-state index in [9.17, 15) is 0 Å². The van der Waals surface area contributed by atoms with Crippen molar-refractivity contribution in [1.29, 1.82) is 0 Å². The molecule has 1 atom stereocenters. The van der Waals surface area contributed by atoms with Gasteiger partial charge in [0.25, 0.3) is 0 Å². The predicted octanol–water partition coefficient (Wildman–Crippen LogP) is 4.02. The SMILES string of the molecule is CCCC1CNC2(CCCCC2)CN1Cc1cccs1. The van der Waals surface area contributed by atoms with Crippen molar-refractivity contribution in [1.82, 2.24) is 10.2 Å². The largest absolute Gasteiger partial charge is 0.308 e. The van der Waals surface area contributed by atoms with Gasteiger partial charge in [-0.05, 0) is 30.7 Å². The van der Waals surface area contributed by atoms with Crippen molar-refractivity contribution >= 4 is 11.3 Å². The molecular weight excluding hydrogens is 264 g/mol. The molecule has 2 aliphatic rings. The van der Waals surface area contributed by atoms with E-state index in [1.807, 2.05) is 11.3 Å². The third kappa shape index (κ3) is 3.26. The van der Waals surface area contributed by atoms with E-state index in [1.54, 1.807) is 0 Å². The maximum Gasteiger partial charge on any atom is 0.0332 e. The second-order valence-electron chi connectivity index (χ2n) is 6.65. The lowest BCUT2D eigenvalue weighted by Gasteiger charge is -2.49. The Morgan fingerprint density at radius 2 is 2.20 bits per heavy atom. The van der Waals surface area contributed by atoms with Crippen LogP contribution in [0, 0.1) is 0 Å². The fourth-order valence-corrected chi connectivity index (χ4v) is 4.74. The molecule has 1 spiro atoms. The monoisotopic (exact) mass is 292 g/mol. The van der Waals surface area contributed by atoms with Gasteiger partial charge in [-0.15, -0.1) is 11.3 Å². The molecule has 0 bridgehead atoms. The third-order valence-corrected chi connectivity index (χ3v) is 5.97. The lowest BCUT2D eigenvalue weighted by molar-refractivity contribution is 0.0468. The molecule has 112 valence electrons. The van der Waals surface area contributed by atoms with Gasteiger partial charge in [0.05, 0.1) is 0 Å². The van der Waals surface area contributed by atoms with Gasteiger partial charge in [-0.1, -0.05) is 38.7 Å². The highest BCUT2D eigenvalue weighted by atomic mass is 32.1. The quantitative estimate of drug-likeness (QED) is 0.901. The smallest absolute Gasteiger partial charge is 0.0332 e. The molecule has 1 aromatic heterocycles. The fraction of sp³-hybridized carbons (Fsp3) is 0.765. The number of piperazine rings is 1. The Labute approximate surface area is 127 Å². The molecule has 2 nitrogen and oxygen atoms in total. The first kappa shape index (κ1) is 14.6. The lowest BCUT2D eigenvalue weighted by Crippen LogP contribution is -2.64. The molecule has 1 aliphatic heterocycles. The van der Waals surface area contributed by atoms with Crippen molar-refractivity contribution in [3.8, 4) is 0 Å². The molecule has 1 saturated heterocycles. The molecule has 1 saturated carbocycles. The van der Waals surface area contributed by atoms with Crippen LogP contribution in [0.15, 0.2) is 17.5 Å². The summed E-state index contributed by atoms with van der Waals surface area (Å²) in [5.74, 6) is 0. The molecule has 1 aromatic rings. The normalized spacial score (nSPS) is 26.9. The van der Waals surface area contributed by atoms with Crippen LogP contribution in [-0.2, 0) is 6.54 Å². The van der Waals surface area contributed by atoms with Crippen LogP contribution in [0.2, 0.25) is 0 Å². The number of nitrogens with one attached hydrogen (secondary N) is 1. The molecule has 1 unspecified atom stereocenters. The van der Waals surface area contributed by atoms with E-state index in [0.29, 0.717) is 5.54 Å². The van der Waals surface area contributed by atoms with Crippen molar-refractivity contribution in [3.05, 3.63) is 22.4 Å². The van der Waals surface area contributed by atoms with Crippen LogP contribution in [0.25, 0.3) is 0 Å². The molecule has 3 rings (SSSR count). The van der Waals surface area contributed by atoms with Crippen LogP contribution >= 0.6 is 11.3 Å². The zero-order chi connectivity index (χ0) is 13.8. The molecule has 0 radical (unpaired) electrons. The minimum Gasteiger partial charge on any atom is -0.308 e. The summed E-state index contributed by atoms with van der Waals surface area (Å²) in [6, 6.07) is 5.21. The average Bonchev–Trinajstić information content (AvgIpc) is 2.96. The summed E-state index contributed by atoms with van der Waals surface area (Å²) in [4.78, 5) is 4.30. The Morgan fingerprint density at radius 3 is 2.90 bits per heavy atom. The highest BCUT2D eigenvalue weighted by Crippen LogP contribution is 2.33. The Hall–Kier alpha value is -0.380. The van der Waals surface area contributed by atoms with Crippen molar-refractivity contribution in [2.24, 2.45) is 0 Å². The van der Waals surface area contributed by atoms with E-state index in [1.165, 1.54) is 62.9 Å². The van der Waals surface area contributed by atoms with Gasteiger partial charge in [0.2, 0.25) is 0 Å². The lowest BCUT2D eigenvalue weighted by atomic mass is 9.79. The van der Waals surface area contributed by atoms with Gasteiger partial charge in [0.1, 0.15) is 0 Å². The first-order chi connectivity index (χ1) is 9.81. The second-order valence-corrected chi connectivity index (χ2v) is 7.68. The Balaban J connectivity index is 1.70. The van der Waals surface area contributed by atoms with E-state index in [2.05, 4.69) is 34.7 Å². The molecule has 2 heterocycles. The zero-order valence-corrected chi connectivity index (χ0v) is 13.6. The van der Waals surface area contributed by atoms with Gasteiger partial charge in [-0.3, -0.25) is 4.90 Å². The maximum atomic E-state index is 3.94. The van der Waals surface area contributed by atoms with Gasteiger partial charge in [-0.25, -0.2) is 0 Å². The van der Waals surface area contributed by atoms with Crippen molar-refractivity contribution < 1.29 is 0 Å². The van der Waals surface area contributed by atoms with Gasteiger partial charge < -0.3 is 5.32 Å². The molecule has 3 heteroatoms. The summed E-state index contributed by atoms with van der Waals surface area (Å²) in [6.07, 6.45) is 9.65. The number of nitrogens with zero attached hydrogens (tertiary/aromatic N) is 1. The third-order valence-electron chi connectivity index (χ3n) is 5.11. The Morgan fingerprint density at radius 1 is 1.35 bits per heavy atom. The van der Waals surface area contributed by atoms with E-state index in [0.717, 1.165) is 12.6 Å². The topological polar surface area (TPSA) is 15.3 Å². The van der Waals surface area contributed by atoms with Crippen LogP contribution in [0.4, 0.5) is 0 Å². The number of hydrogen-bond acceptors (Lipinski definition) is 3. The minimum atomic E-state index is 0.430. The summed E-state index contributed by atoms with van der Waals surface area (Å²) >= 11 is 1.91. The van der Waals surface area contributed by atoms with Crippen LogP contribution < -0.4 is 5.32 Å². The highest BCUT2D eigenvalue weighted by Gasteiger charge is 2.39. The molecule has 0 amide bonds. The van der Waals surface area contributed by atoms with Crippen molar-refractivity contribution in [3.63, 3.8) is 0 Å². The predicted molar refractivity (Wildman–Crippen MR) is 87.2 cm³/mol. The number of hydrogen-bond donors (Lipinski definition) is 1. The summed E-state index contributed by atoms with van der Waals surface area (Å²) in [6.45, 7) is 5.93.